The Bertz CT molecular complexity index is 496. The molecule has 83 valence electrons. The average molecular weight is 243 g/mol. The Morgan fingerprint density at radius 3 is 2.56 bits per heavy atom. The molecule has 2 rings (SSSR count). The third-order valence-corrected chi connectivity index (χ3v) is 3.02. The molecule has 0 saturated heterocycles. The molecule has 0 aliphatic carbocycles. The molecule has 0 spiro atoms. The highest BCUT2D eigenvalue weighted by Gasteiger charge is 2.21. The van der Waals surface area contributed by atoms with E-state index in [-0.39, 0.29) is 0 Å². The van der Waals surface area contributed by atoms with E-state index in [0.717, 1.165) is 17.4 Å². The van der Waals surface area contributed by atoms with Crippen molar-refractivity contribution in [2.24, 2.45) is 0 Å². The summed E-state index contributed by atoms with van der Waals surface area (Å²) >= 11 is 1.12. The predicted molar refractivity (Wildman–Crippen MR) is 53.2 cm³/mol. The lowest BCUT2D eigenvalue weighted by molar-refractivity contribution is 0.123. The second-order valence-corrected chi connectivity index (χ2v) is 4.17. The van der Waals surface area contributed by atoms with E-state index < -0.39 is 29.1 Å². The van der Waals surface area contributed by atoms with E-state index >= 15 is 0 Å². The molecule has 0 N–H and O–H groups in total. The molecular formula is C11H6F3OS. The molecule has 0 bridgehead atoms. The summed E-state index contributed by atoms with van der Waals surface area (Å²) in [4.78, 5) is 0.323. The molecule has 2 aromatic rings. The second kappa shape index (κ2) is 4.27. The quantitative estimate of drug-likeness (QED) is 0.717. The van der Waals surface area contributed by atoms with Crippen LogP contribution < -0.4 is 0 Å². The first kappa shape index (κ1) is 11.2. The van der Waals surface area contributed by atoms with Crippen LogP contribution in [0.25, 0.3) is 0 Å². The predicted octanol–water partition coefficient (Wildman–Crippen LogP) is 3.69. The molecule has 1 radical (unpaired) electrons. The zero-order chi connectivity index (χ0) is 11.7. The van der Waals surface area contributed by atoms with Crippen LogP contribution in [0.15, 0.2) is 29.6 Å². The Labute approximate surface area is 93.8 Å². The summed E-state index contributed by atoms with van der Waals surface area (Å²) in [6, 6.07) is 4.28. The first-order chi connectivity index (χ1) is 7.59. The number of hydrogen-bond donors (Lipinski definition) is 0. The summed E-state index contributed by atoms with van der Waals surface area (Å²) < 4.78 is 39.0. The van der Waals surface area contributed by atoms with Gasteiger partial charge in [0.2, 0.25) is 0 Å². The molecule has 0 aliphatic rings. The Balaban J connectivity index is 2.48. The van der Waals surface area contributed by atoms with E-state index in [1.807, 2.05) is 0 Å². The Morgan fingerprint density at radius 2 is 1.94 bits per heavy atom. The number of rotatable bonds is 2. The van der Waals surface area contributed by atoms with E-state index in [1.165, 1.54) is 6.07 Å². The van der Waals surface area contributed by atoms with E-state index in [2.05, 4.69) is 0 Å². The van der Waals surface area contributed by atoms with Crippen LogP contribution >= 0.6 is 11.3 Å². The fourth-order valence-corrected chi connectivity index (χ4v) is 2.08. The molecule has 1 aromatic heterocycles. The maximum absolute atomic E-state index is 13.3. The van der Waals surface area contributed by atoms with Gasteiger partial charge in [-0.25, -0.2) is 18.3 Å². The van der Waals surface area contributed by atoms with Gasteiger partial charge in [-0.2, -0.15) is 0 Å². The molecule has 0 amide bonds. The lowest BCUT2D eigenvalue weighted by atomic mass is 10.1. The summed E-state index contributed by atoms with van der Waals surface area (Å²) in [5.41, 5.74) is -0.500. The van der Waals surface area contributed by atoms with Gasteiger partial charge >= 0.3 is 0 Å². The minimum atomic E-state index is -1.59. The maximum Gasteiger partial charge on any atom is 0.165 e. The average Bonchev–Trinajstić information content (AvgIpc) is 2.75. The SMILES string of the molecule is [O]C(c1cccs1)c1cc(F)cc(F)c1F. The Hall–Kier alpha value is -1.33. The van der Waals surface area contributed by atoms with Crippen LogP contribution in [0.2, 0.25) is 0 Å². The number of benzene rings is 1. The van der Waals surface area contributed by atoms with E-state index in [9.17, 15) is 18.3 Å². The highest BCUT2D eigenvalue weighted by atomic mass is 32.1. The van der Waals surface area contributed by atoms with Gasteiger partial charge in [-0.05, 0) is 17.5 Å². The maximum atomic E-state index is 13.3. The number of halogens is 3. The van der Waals surface area contributed by atoms with Crippen LogP contribution in [0, 0.1) is 17.5 Å². The Kier molecular flexibility index (Phi) is 2.98. The van der Waals surface area contributed by atoms with Crippen molar-refractivity contribution in [1.82, 2.24) is 0 Å². The van der Waals surface area contributed by atoms with Crippen molar-refractivity contribution in [3.63, 3.8) is 0 Å². The van der Waals surface area contributed by atoms with Gasteiger partial charge in [-0.3, -0.25) is 0 Å². The van der Waals surface area contributed by atoms with Gasteiger partial charge in [0.25, 0.3) is 0 Å². The second-order valence-electron chi connectivity index (χ2n) is 3.19. The van der Waals surface area contributed by atoms with Gasteiger partial charge in [0.05, 0.1) is 0 Å². The van der Waals surface area contributed by atoms with E-state index in [0.29, 0.717) is 10.9 Å². The van der Waals surface area contributed by atoms with Gasteiger partial charge in [0.15, 0.2) is 17.7 Å². The van der Waals surface area contributed by atoms with Crippen molar-refractivity contribution in [3.8, 4) is 0 Å². The number of hydrogen-bond acceptors (Lipinski definition) is 1. The van der Waals surface area contributed by atoms with Crippen molar-refractivity contribution >= 4 is 11.3 Å². The summed E-state index contributed by atoms with van der Waals surface area (Å²) in [5, 5.41) is 13.4. The minimum absolute atomic E-state index is 0.323. The third kappa shape index (κ3) is 1.96. The molecule has 1 nitrogen and oxygen atoms in total. The van der Waals surface area contributed by atoms with Crippen molar-refractivity contribution < 1.29 is 18.3 Å². The van der Waals surface area contributed by atoms with E-state index in [4.69, 9.17) is 0 Å². The number of thiophene rings is 1. The zero-order valence-electron chi connectivity index (χ0n) is 7.91. The molecule has 16 heavy (non-hydrogen) atoms. The van der Waals surface area contributed by atoms with Crippen molar-refractivity contribution in [2.45, 2.75) is 6.10 Å². The first-order valence-electron chi connectivity index (χ1n) is 4.43. The topological polar surface area (TPSA) is 19.9 Å². The zero-order valence-corrected chi connectivity index (χ0v) is 8.73. The summed E-state index contributed by atoms with van der Waals surface area (Å²) in [7, 11) is 0. The lowest BCUT2D eigenvalue weighted by Gasteiger charge is -2.08. The first-order valence-corrected chi connectivity index (χ1v) is 5.31. The summed E-state index contributed by atoms with van der Waals surface area (Å²) in [5.74, 6) is -3.58. The molecule has 1 atom stereocenters. The molecule has 1 heterocycles. The van der Waals surface area contributed by atoms with Gasteiger partial charge in [0, 0.05) is 16.5 Å². The van der Waals surface area contributed by atoms with Gasteiger partial charge in [-0.15, -0.1) is 11.3 Å². The van der Waals surface area contributed by atoms with Crippen LogP contribution in [0.5, 0.6) is 0 Å². The molecular weight excluding hydrogens is 237 g/mol. The summed E-state index contributed by atoms with van der Waals surface area (Å²) in [6.45, 7) is 0. The molecule has 0 saturated carbocycles. The highest BCUT2D eigenvalue weighted by Crippen LogP contribution is 2.29. The van der Waals surface area contributed by atoms with Gasteiger partial charge in [-0.1, -0.05) is 6.07 Å². The van der Waals surface area contributed by atoms with Crippen LogP contribution in [0.1, 0.15) is 16.5 Å². The fourth-order valence-electron chi connectivity index (χ4n) is 1.36. The molecule has 5 heteroatoms. The standard InChI is InChI=1S/C11H6F3OS/c12-6-4-7(10(14)8(13)5-6)11(15)9-2-1-3-16-9/h1-5,11H. The van der Waals surface area contributed by atoms with Crippen molar-refractivity contribution in [3.05, 3.63) is 57.5 Å². The molecule has 0 fully saturated rings. The highest BCUT2D eigenvalue weighted by molar-refractivity contribution is 7.10. The molecule has 0 aliphatic heterocycles. The molecule has 1 aromatic carbocycles. The Morgan fingerprint density at radius 1 is 1.19 bits per heavy atom. The monoisotopic (exact) mass is 243 g/mol. The fraction of sp³-hybridized carbons (Fsp3) is 0.0909. The minimum Gasteiger partial charge on any atom is -0.222 e. The van der Waals surface area contributed by atoms with Gasteiger partial charge < -0.3 is 0 Å². The van der Waals surface area contributed by atoms with Crippen LogP contribution in [0.3, 0.4) is 0 Å². The summed E-state index contributed by atoms with van der Waals surface area (Å²) in [6.07, 6.45) is -1.59. The lowest BCUT2D eigenvalue weighted by Crippen LogP contribution is -2.02. The van der Waals surface area contributed by atoms with Crippen LogP contribution in [-0.2, 0) is 5.11 Å². The normalized spacial score (nSPS) is 12.8. The van der Waals surface area contributed by atoms with Crippen LogP contribution in [0.4, 0.5) is 13.2 Å². The van der Waals surface area contributed by atoms with Crippen molar-refractivity contribution in [2.75, 3.05) is 0 Å². The smallest absolute Gasteiger partial charge is 0.165 e. The van der Waals surface area contributed by atoms with E-state index in [1.54, 1.807) is 11.4 Å². The molecule has 1 unspecified atom stereocenters. The largest absolute Gasteiger partial charge is 0.222 e. The third-order valence-electron chi connectivity index (χ3n) is 2.11. The van der Waals surface area contributed by atoms with Gasteiger partial charge in [0.1, 0.15) is 5.82 Å². The van der Waals surface area contributed by atoms with Crippen molar-refractivity contribution in [1.29, 1.82) is 0 Å². The van der Waals surface area contributed by atoms with Crippen LogP contribution in [-0.4, -0.2) is 0 Å².